The molecule has 0 aliphatic carbocycles. The standard InChI is InChI=1S/C14H22N2O2/c1-3-12-14(18)13(17)11(9-15-12)10(2)16-7-5-4-6-8-16/h9-10,18H,3-8H2,1-2H3,(H,15,17). The second-order valence-electron chi connectivity index (χ2n) is 5.03. The minimum atomic E-state index is -0.219. The van der Waals surface area contributed by atoms with E-state index >= 15 is 0 Å². The summed E-state index contributed by atoms with van der Waals surface area (Å²) in [6.45, 7) is 6.04. The van der Waals surface area contributed by atoms with Gasteiger partial charge in [-0.15, -0.1) is 0 Å². The number of aromatic nitrogens is 1. The van der Waals surface area contributed by atoms with Crippen molar-refractivity contribution < 1.29 is 5.11 Å². The van der Waals surface area contributed by atoms with Gasteiger partial charge >= 0.3 is 0 Å². The van der Waals surface area contributed by atoms with Crippen molar-refractivity contribution in [2.45, 2.75) is 45.6 Å². The first-order valence-corrected chi connectivity index (χ1v) is 6.82. The highest BCUT2D eigenvalue weighted by molar-refractivity contribution is 5.31. The van der Waals surface area contributed by atoms with Gasteiger partial charge in [0.05, 0.1) is 5.69 Å². The van der Waals surface area contributed by atoms with Crippen LogP contribution >= 0.6 is 0 Å². The van der Waals surface area contributed by atoms with Crippen molar-refractivity contribution >= 4 is 0 Å². The summed E-state index contributed by atoms with van der Waals surface area (Å²) in [4.78, 5) is 17.5. The quantitative estimate of drug-likeness (QED) is 0.864. The zero-order valence-electron chi connectivity index (χ0n) is 11.2. The van der Waals surface area contributed by atoms with Crippen molar-refractivity contribution in [3.8, 4) is 5.75 Å². The number of rotatable bonds is 3. The summed E-state index contributed by atoms with van der Waals surface area (Å²) in [7, 11) is 0. The Morgan fingerprint density at radius 2 is 2.06 bits per heavy atom. The highest BCUT2D eigenvalue weighted by Gasteiger charge is 2.22. The fourth-order valence-corrected chi connectivity index (χ4v) is 2.65. The summed E-state index contributed by atoms with van der Waals surface area (Å²) in [5.74, 6) is -0.112. The number of piperidine rings is 1. The molecule has 0 spiro atoms. The van der Waals surface area contributed by atoms with Crippen LogP contribution in [-0.2, 0) is 6.42 Å². The number of nitrogens with zero attached hydrogens (tertiary/aromatic N) is 1. The van der Waals surface area contributed by atoms with Crippen LogP contribution in [0.2, 0.25) is 0 Å². The predicted octanol–water partition coefficient (Wildman–Crippen LogP) is 2.19. The third-order valence-electron chi connectivity index (χ3n) is 3.91. The maximum atomic E-state index is 12.1. The molecule has 1 fully saturated rings. The van der Waals surface area contributed by atoms with Gasteiger partial charge in [-0.05, 0) is 39.3 Å². The number of nitrogens with one attached hydrogen (secondary N) is 1. The molecule has 0 amide bonds. The van der Waals surface area contributed by atoms with Crippen molar-refractivity contribution in [1.29, 1.82) is 0 Å². The van der Waals surface area contributed by atoms with E-state index in [9.17, 15) is 9.90 Å². The molecule has 1 unspecified atom stereocenters. The van der Waals surface area contributed by atoms with E-state index in [1.165, 1.54) is 19.3 Å². The van der Waals surface area contributed by atoms with Crippen LogP contribution in [0.5, 0.6) is 5.75 Å². The van der Waals surface area contributed by atoms with E-state index in [4.69, 9.17) is 0 Å². The molecule has 4 heteroatoms. The monoisotopic (exact) mass is 250 g/mol. The van der Waals surface area contributed by atoms with E-state index in [-0.39, 0.29) is 17.2 Å². The first kappa shape index (κ1) is 13.1. The fourth-order valence-electron chi connectivity index (χ4n) is 2.65. The van der Waals surface area contributed by atoms with Crippen LogP contribution in [0.15, 0.2) is 11.0 Å². The number of H-pyrrole nitrogens is 1. The lowest BCUT2D eigenvalue weighted by atomic mass is 10.0. The van der Waals surface area contributed by atoms with Crippen LogP contribution in [0, 0.1) is 0 Å². The molecule has 100 valence electrons. The van der Waals surface area contributed by atoms with E-state index in [0.717, 1.165) is 13.1 Å². The van der Waals surface area contributed by atoms with E-state index < -0.39 is 0 Å². The van der Waals surface area contributed by atoms with Crippen LogP contribution in [0.3, 0.4) is 0 Å². The Bertz CT molecular complexity index is 461. The molecule has 2 N–H and O–H groups in total. The van der Waals surface area contributed by atoms with Crippen molar-refractivity contribution in [3.05, 3.63) is 27.7 Å². The lowest BCUT2D eigenvalue weighted by Gasteiger charge is -2.32. The molecular formula is C14H22N2O2. The summed E-state index contributed by atoms with van der Waals surface area (Å²) in [5, 5.41) is 9.86. The SMILES string of the molecule is CCc1[nH]cc(C(C)N2CCCCC2)c(=O)c1O. The molecule has 2 heterocycles. The van der Waals surface area contributed by atoms with Crippen molar-refractivity contribution in [2.24, 2.45) is 0 Å². The maximum Gasteiger partial charge on any atom is 0.228 e. The minimum Gasteiger partial charge on any atom is -0.503 e. The van der Waals surface area contributed by atoms with Gasteiger partial charge in [0.25, 0.3) is 0 Å². The zero-order chi connectivity index (χ0) is 13.1. The van der Waals surface area contributed by atoms with Crippen LogP contribution in [-0.4, -0.2) is 28.1 Å². The van der Waals surface area contributed by atoms with Gasteiger partial charge in [0.15, 0.2) is 5.75 Å². The Morgan fingerprint density at radius 3 is 2.67 bits per heavy atom. The number of hydrogen-bond donors (Lipinski definition) is 2. The Labute approximate surface area is 108 Å². The number of aromatic amines is 1. The topological polar surface area (TPSA) is 56.3 Å². The molecule has 0 radical (unpaired) electrons. The number of likely N-dealkylation sites (tertiary alicyclic amines) is 1. The van der Waals surface area contributed by atoms with Gasteiger partial charge in [0.1, 0.15) is 0 Å². The van der Waals surface area contributed by atoms with Gasteiger partial charge in [0.2, 0.25) is 5.43 Å². The van der Waals surface area contributed by atoms with Gasteiger partial charge in [-0.3, -0.25) is 9.69 Å². The highest BCUT2D eigenvalue weighted by Crippen LogP contribution is 2.23. The first-order valence-electron chi connectivity index (χ1n) is 6.82. The Hall–Kier alpha value is -1.29. The number of pyridine rings is 1. The van der Waals surface area contributed by atoms with Crippen LogP contribution in [0.4, 0.5) is 0 Å². The second kappa shape index (κ2) is 5.57. The molecule has 1 aliphatic heterocycles. The van der Waals surface area contributed by atoms with Crippen molar-refractivity contribution in [1.82, 2.24) is 9.88 Å². The van der Waals surface area contributed by atoms with E-state index in [0.29, 0.717) is 17.7 Å². The van der Waals surface area contributed by atoms with E-state index in [2.05, 4.69) is 9.88 Å². The van der Waals surface area contributed by atoms with Gasteiger partial charge in [-0.1, -0.05) is 13.3 Å². The lowest BCUT2D eigenvalue weighted by molar-refractivity contribution is 0.173. The Morgan fingerprint density at radius 1 is 1.39 bits per heavy atom. The molecule has 0 aromatic carbocycles. The summed E-state index contributed by atoms with van der Waals surface area (Å²) >= 11 is 0. The molecule has 18 heavy (non-hydrogen) atoms. The molecule has 1 aromatic heterocycles. The molecular weight excluding hydrogens is 228 g/mol. The van der Waals surface area contributed by atoms with Gasteiger partial charge in [-0.2, -0.15) is 0 Å². The largest absolute Gasteiger partial charge is 0.503 e. The molecule has 1 aliphatic rings. The molecule has 1 aromatic rings. The third kappa shape index (κ3) is 2.43. The van der Waals surface area contributed by atoms with Crippen LogP contribution in [0.25, 0.3) is 0 Å². The molecule has 1 atom stereocenters. The average Bonchev–Trinajstić information content (AvgIpc) is 2.42. The zero-order valence-corrected chi connectivity index (χ0v) is 11.2. The van der Waals surface area contributed by atoms with Crippen molar-refractivity contribution in [2.75, 3.05) is 13.1 Å². The number of aryl methyl sites for hydroxylation is 1. The summed E-state index contributed by atoms with van der Waals surface area (Å²) < 4.78 is 0. The first-order chi connectivity index (χ1) is 8.65. The van der Waals surface area contributed by atoms with Crippen LogP contribution in [0.1, 0.15) is 50.4 Å². The normalized spacial score (nSPS) is 18.8. The number of hydrogen-bond acceptors (Lipinski definition) is 3. The van der Waals surface area contributed by atoms with Crippen molar-refractivity contribution in [3.63, 3.8) is 0 Å². The number of aromatic hydroxyl groups is 1. The second-order valence-corrected chi connectivity index (χ2v) is 5.03. The molecule has 2 rings (SSSR count). The maximum absolute atomic E-state index is 12.1. The predicted molar refractivity (Wildman–Crippen MR) is 71.9 cm³/mol. The van der Waals surface area contributed by atoms with Gasteiger partial charge in [0, 0.05) is 17.8 Å². The summed E-state index contributed by atoms with van der Waals surface area (Å²) in [6.07, 6.45) is 6.07. The Balaban J connectivity index is 2.27. The third-order valence-corrected chi connectivity index (χ3v) is 3.91. The highest BCUT2D eigenvalue weighted by atomic mass is 16.3. The smallest absolute Gasteiger partial charge is 0.228 e. The fraction of sp³-hybridized carbons (Fsp3) is 0.643. The summed E-state index contributed by atoms with van der Waals surface area (Å²) in [6, 6.07) is 0.0749. The minimum absolute atomic E-state index is 0.0749. The molecule has 0 bridgehead atoms. The van der Waals surface area contributed by atoms with Crippen LogP contribution < -0.4 is 5.43 Å². The average molecular weight is 250 g/mol. The molecule has 4 nitrogen and oxygen atoms in total. The summed E-state index contributed by atoms with van der Waals surface area (Å²) in [5.41, 5.74) is 1.07. The van der Waals surface area contributed by atoms with Gasteiger partial charge < -0.3 is 10.1 Å². The molecule has 1 saturated heterocycles. The van der Waals surface area contributed by atoms with E-state index in [1.54, 1.807) is 6.20 Å². The Kier molecular flexibility index (Phi) is 4.07. The molecule has 0 saturated carbocycles. The van der Waals surface area contributed by atoms with E-state index in [1.807, 2.05) is 13.8 Å². The lowest BCUT2D eigenvalue weighted by Crippen LogP contribution is -2.34. The van der Waals surface area contributed by atoms with Gasteiger partial charge in [-0.25, -0.2) is 0 Å².